The first-order valence-electron chi connectivity index (χ1n) is 25.0. The Hall–Kier alpha value is -7.15. The van der Waals surface area contributed by atoms with Gasteiger partial charge in [0.05, 0.1) is 12.7 Å². The molecule has 9 heterocycles. The second-order valence-electron chi connectivity index (χ2n) is 11.9. The van der Waals surface area contributed by atoms with Crippen molar-refractivity contribution in [3.05, 3.63) is 175 Å². The van der Waals surface area contributed by atoms with E-state index in [1.54, 1.807) is 80.9 Å². The van der Waals surface area contributed by atoms with Crippen molar-refractivity contribution in [1.82, 2.24) is 83.9 Å². The number of hydrogen-bond acceptors (Lipinski definition) is 15. The molecule has 2 N–H and O–H groups in total. The maximum absolute atomic E-state index is 4.60. The lowest BCUT2D eigenvalue weighted by atomic mass is 10.3. The van der Waals surface area contributed by atoms with Gasteiger partial charge in [0.1, 0.15) is 35.6 Å². The molecule has 0 aliphatic carbocycles. The molecule has 73 heavy (non-hydrogen) atoms. The molecule has 0 aliphatic heterocycles. The average Bonchev–Trinajstić information content (AvgIpc) is 4.34. The maximum atomic E-state index is 4.60. The highest BCUT2D eigenvalue weighted by molar-refractivity contribution is 7.05. The summed E-state index contributed by atoms with van der Waals surface area (Å²) in [7, 11) is 3.81. The van der Waals surface area contributed by atoms with Gasteiger partial charge in [0.2, 0.25) is 5.89 Å². The molecular weight excluding hydrogens is 935 g/mol. The Morgan fingerprint density at radius 2 is 1.12 bits per heavy atom. The number of hydrogen-bond donors (Lipinski definition) is 2. The van der Waals surface area contributed by atoms with Crippen molar-refractivity contribution in [2.24, 2.45) is 14.1 Å². The van der Waals surface area contributed by atoms with Crippen LogP contribution in [0.3, 0.4) is 0 Å². The molecule has 9 aromatic heterocycles. The molecule has 0 aromatic carbocycles. The highest BCUT2D eigenvalue weighted by atomic mass is 32.1. The average molecular weight is 1030 g/mol. The molecule has 19 heteroatoms. The molecule has 0 spiro atoms. The van der Waals surface area contributed by atoms with E-state index in [1.165, 1.54) is 29.0 Å². The number of aromatic amines is 2. The van der Waals surface area contributed by atoms with Gasteiger partial charge in [0.15, 0.2) is 5.82 Å². The van der Waals surface area contributed by atoms with E-state index in [4.69, 9.17) is 0 Å². The van der Waals surface area contributed by atoms with E-state index < -0.39 is 0 Å². The first kappa shape index (κ1) is 80.0. The molecular formula is C54H97N17OS. The molecule has 18 nitrogen and oxygen atoms in total. The number of imidazole rings is 2. The first-order valence-corrected chi connectivity index (χ1v) is 25.7. The van der Waals surface area contributed by atoms with Gasteiger partial charge >= 0.3 is 0 Å². The molecule has 0 atom stereocenters. The predicted octanol–water partition coefficient (Wildman–Crippen LogP) is 14.3. The van der Waals surface area contributed by atoms with Crippen LogP contribution in [0, 0.1) is 62.3 Å². The van der Waals surface area contributed by atoms with Crippen LogP contribution < -0.4 is 0 Å². The molecule has 410 valence electrons. The van der Waals surface area contributed by atoms with Crippen molar-refractivity contribution in [2.45, 2.75) is 159 Å². The van der Waals surface area contributed by atoms with E-state index in [0.717, 1.165) is 28.0 Å². The normalized spacial score (nSPS) is 7.79. The van der Waals surface area contributed by atoms with Crippen molar-refractivity contribution in [3.63, 3.8) is 0 Å². The number of H-pyrrole nitrogens is 2. The summed E-state index contributed by atoms with van der Waals surface area (Å²) < 4.78 is 12.2. The minimum Gasteiger partial charge on any atom is -0.349 e. The summed E-state index contributed by atoms with van der Waals surface area (Å²) in [6, 6.07) is 13.7. The van der Waals surface area contributed by atoms with Gasteiger partial charge in [-0.05, 0) is 108 Å². The Bertz CT molecular complexity index is 1890. The molecule has 0 aliphatic rings. The number of pyridine rings is 3. The Morgan fingerprint density at radius 1 is 0.521 bits per heavy atom. The molecule has 0 fully saturated rings. The van der Waals surface area contributed by atoms with Crippen LogP contribution in [-0.2, 0) is 14.1 Å². The molecule has 0 unspecified atom stereocenters. The van der Waals surface area contributed by atoms with Crippen LogP contribution in [0.15, 0.2) is 128 Å². The van der Waals surface area contributed by atoms with E-state index in [-0.39, 0.29) is 0 Å². The SMILES string of the molecule is CC.CC.CC.CC.CC.CC.CC.Cc1ccccn1.Cc1cccnc1.Cc1ccncc1.Cc1cnc[nH]1.Cc1ncn[nH]1.Cc1noc(C)n1.Cc1nsc(C)n1.Cn1ccnc1.Cn1cnnc1. The van der Waals surface area contributed by atoms with Gasteiger partial charge in [0.25, 0.3) is 0 Å². The van der Waals surface area contributed by atoms with Crippen molar-refractivity contribution in [1.29, 1.82) is 0 Å². The van der Waals surface area contributed by atoms with Crippen LogP contribution in [0.1, 0.15) is 148 Å². The molecule has 0 saturated heterocycles. The van der Waals surface area contributed by atoms with Crippen LogP contribution in [0.25, 0.3) is 0 Å². The van der Waals surface area contributed by atoms with Crippen LogP contribution in [0.4, 0.5) is 0 Å². The second-order valence-corrected chi connectivity index (χ2v) is 12.9. The van der Waals surface area contributed by atoms with Gasteiger partial charge in [-0.15, -0.1) is 10.2 Å². The third-order valence-electron chi connectivity index (χ3n) is 6.07. The summed E-state index contributed by atoms with van der Waals surface area (Å²) in [5.74, 6) is 3.05. The summed E-state index contributed by atoms with van der Waals surface area (Å²) in [5, 5.41) is 17.9. The fourth-order valence-corrected chi connectivity index (χ4v) is 3.77. The van der Waals surface area contributed by atoms with E-state index in [2.05, 4.69) is 79.3 Å². The van der Waals surface area contributed by atoms with E-state index >= 15 is 0 Å². The highest BCUT2D eigenvalue weighted by Crippen LogP contribution is 1.98. The molecule has 9 rings (SSSR count). The second kappa shape index (κ2) is 66.9. The van der Waals surface area contributed by atoms with Crippen LogP contribution in [0.5, 0.6) is 0 Å². The summed E-state index contributed by atoms with van der Waals surface area (Å²) in [6.45, 7) is 45.2. The Labute approximate surface area is 446 Å². The topological polar surface area (TPSA) is 222 Å². The lowest BCUT2D eigenvalue weighted by Gasteiger charge is -1.82. The summed E-state index contributed by atoms with van der Waals surface area (Å²) in [6.07, 6.45) is 22.6. The lowest BCUT2D eigenvalue weighted by Crippen LogP contribution is -1.76. The van der Waals surface area contributed by atoms with Gasteiger partial charge in [0, 0.05) is 82.0 Å². The highest BCUT2D eigenvalue weighted by Gasteiger charge is 1.90. The molecule has 0 bridgehead atoms. The van der Waals surface area contributed by atoms with E-state index in [0.29, 0.717) is 11.7 Å². The van der Waals surface area contributed by atoms with E-state index in [9.17, 15) is 0 Å². The van der Waals surface area contributed by atoms with Crippen molar-refractivity contribution < 1.29 is 4.52 Å². The first-order chi connectivity index (χ1) is 35.3. The summed E-state index contributed by atoms with van der Waals surface area (Å²) >= 11 is 1.44. The fraction of sp³-hybridized carbons (Fsp3) is 0.463. The quantitative estimate of drug-likeness (QED) is 0.144. The fourth-order valence-electron chi connectivity index (χ4n) is 3.29. The molecule has 0 amide bonds. The zero-order valence-electron chi connectivity index (χ0n) is 49.6. The largest absolute Gasteiger partial charge is 0.349 e. The third kappa shape index (κ3) is 64.8. The maximum Gasteiger partial charge on any atom is 0.223 e. The summed E-state index contributed by atoms with van der Waals surface area (Å²) in [5.41, 5.74) is 4.65. The smallest absolute Gasteiger partial charge is 0.223 e. The van der Waals surface area contributed by atoms with Crippen LogP contribution >= 0.6 is 11.5 Å². The molecule has 9 aromatic rings. The third-order valence-corrected chi connectivity index (χ3v) is 6.78. The van der Waals surface area contributed by atoms with Gasteiger partial charge in [-0.3, -0.25) is 20.1 Å². The van der Waals surface area contributed by atoms with Gasteiger partial charge in [-0.2, -0.15) is 14.5 Å². The lowest BCUT2D eigenvalue weighted by molar-refractivity contribution is 0.389. The minimum absolute atomic E-state index is 0.623. The molecule has 0 saturated carbocycles. The Kier molecular flexibility index (Phi) is 73.3. The molecule has 0 radical (unpaired) electrons. The number of aromatic nitrogens is 17. The zero-order chi connectivity index (χ0) is 57.5. The Morgan fingerprint density at radius 3 is 1.29 bits per heavy atom. The standard InChI is InChI=1S/3C6H7N.C4H6N2O.C4H6N2S.2C4H6N2.2C3H5N3.7C2H6/c1-6-2-4-7-5-3-6;1-6-3-2-4-7-5-6;1-6-4-2-3-5-7-6;2*1-3-5-4(2)7-6-3;1-4-2-5-3-6-4;1-6-3-2-5-4-6;1-6-2-4-5-3-6;1-3-4-2-5-6-3;7*1-2/h3*2-5H,1H3;2*1-2H3;2-3H,1H3,(H,5,6);2-4H,1H3;2-3H,1H3;2H,1H3,(H,4,5,6);7*1-2H3. The van der Waals surface area contributed by atoms with E-state index in [1.807, 2.05) is 219 Å². The number of nitrogens with zero attached hydrogens (tertiary/aromatic N) is 15. The van der Waals surface area contributed by atoms with Crippen LogP contribution in [0.2, 0.25) is 0 Å². The minimum atomic E-state index is 0.623. The number of rotatable bonds is 0. The number of aryl methyl sites for hydroxylation is 11. The van der Waals surface area contributed by atoms with Crippen molar-refractivity contribution >= 4 is 11.5 Å². The predicted molar refractivity (Wildman–Crippen MR) is 308 cm³/mol. The van der Waals surface area contributed by atoms with Crippen molar-refractivity contribution in [3.8, 4) is 0 Å². The summed E-state index contributed by atoms with van der Waals surface area (Å²) in [4.78, 5) is 33.8. The Balaban J connectivity index is -0.000000130. The van der Waals surface area contributed by atoms with Gasteiger partial charge in [-0.1, -0.05) is 114 Å². The van der Waals surface area contributed by atoms with Crippen molar-refractivity contribution in [2.75, 3.05) is 0 Å². The van der Waals surface area contributed by atoms with Gasteiger partial charge < -0.3 is 18.6 Å². The monoisotopic (exact) mass is 1030 g/mol. The van der Waals surface area contributed by atoms with Gasteiger partial charge in [-0.25, -0.2) is 19.9 Å². The van der Waals surface area contributed by atoms with Crippen LogP contribution in [-0.4, -0.2) is 83.9 Å². The number of nitrogens with one attached hydrogen (secondary N) is 2. The zero-order valence-corrected chi connectivity index (χ0v) is 50.4.